The zero-order valence-corrected chi connectivity index (χ0v) is 8.21. The molecule has 72 valence electrons. The van der Waals surface area contributed by atoms with Crippen LogP contribution in [0.2, 0.25) is 0 Å². The summed E-state index contributed by atoms with van der Waals surface area (Å²) in [6.45, 7) is 4.25. The van der Waals surface area contributed by atoms with Crippen LogP contribution in [-0.2, 0) is 12.8 Å². The van der Waals surface area contributed by atoms with Gasteiger partial charge in [-0.25, -0.2) is 0 Å². The monoisotopic (exact) mass is 180 g/mol. The Morgan fingerprint density at radius 1 is 1.54 bits per heavy atom. The average molecular weight is 180 g/mol. The minimum absolute atomic E-state index is 0.196. The van der Waals surface area contributed by atoms with Crippen LogP contribution in [-0.4, -0.2) is 11.2 Å². The summed E-state index contributed by atoms with van der Waals surface area (Å²) in [6, 6.07) is 2.14. The molecular weight excluding hydrogens is 164 g/mol. The van der Waals surface area contributed by atoms with Gasteiger partial charge in [-0.1, -0.05) is 13.8 Å². The van der Waals surface area contributed by atoms with Crippen molar-refractivity contribution in [1.29, 1.82) is 0 Å². The van der Waals surface area contributed by atoms with Crippen LogP contribution in [0.15, 0.2) is 10.5 Å². The van der Waals surface area contributed by atoms with Crippen LogP contribution < -0.4 is 0 Å². The molecule has 0 aliphatic heterocycles. The van der Waals surface area contributed by atoms with Gasteiger partial charge in [0.2, 0.25) is 0 Å². The number of hydrogen-bond donors (Lipinski definition) is 1. The Kier molecular flexibility index (Phi) is 2.16. The Hall–Kier alpha value is -0.760. The molecule has 0 bridgehead atoms. The predicted octanol–water partition coefficient (Wildman–Crippen LogP) is 2.25. The molecule has 1 aromatic rings. The van der Waals surface area contributed by atoms with E-state index in [1.807, 2.05) is 0 Å². The third-order valence-electron chi connectivity index (χ3n) is 2.65. The third-order valence-corrected chi connectivity index (χ3v) is 2.65. The number of fused-ring (bicyclic) bond motifs is 1. The summed E-state index contributed by atoms with van der Waals surface area (Å²) in [5.41, 5.74) is 1.30. The summed E-state index contributed by atoms with van der Waals surface area (Å²) in [4.78, 5) is 0. The van der Waals surface area contributed by atoms with E-state index in [2.05, 4.69) is 19.9 Å². The highest BCUT2D eigenvalue weighted by atomic mass is 16.3. The lowest BCUT2D eigenvalue weighted by molar-refractivity contribution is 0.149. The molecule has 1 heterocycles. The second kappa shape index (κ2) is 3.18. The molecule has 0 aromatic carbocycles. The number of hydrogen-bond acceptors (Lipinski definition) is 2. The Bertz CT molecular complexity index is 299. The number of aliphatic hydroxyl groups is 1. The van der Waals surface area contributed by atoms with Crippen molar-refractivity contribution in [2.75, 3.05) is 0 Å². The predicted molar refractivity (Wildman–Crippen MR) is 50.8 cm³/mol. The molecule has 2 heteroatoms. The second-order valence-corrected chi connectivity index (χ2v) is 4.15. The molecule has 1 aromatic heterocycles. The first-order valence-electron chi connectivity index (χ1n) is 4.96. The van der Waals surface area contributed by atoms with Gasteiger partial charge in [-0.3, -0.25) is 0 Å². The Labute approximate surface area is 78.6 Å². The molecule has 1 aliphatic rings. The Balaban J connectivity index is 2.28. The van der Waals surface area contributed by atoms with Crippen molar-refractivity contribution in [3.63, 3.8) is 0 Å². The molecule has 13 heavy (non-hydrogen) atoms. The molecule has 0 saturated heterocycles. The van der Waals surface area contributed by atoms with E-state index in [0.717, 1.165) is 24.4 Å². The molecule has 0 spiro atoms. The molecule has 1 atom stereocenters. The van der Waals surface area contributed by atoms with Gasteiger partial charge < -0.3 is 9.52 Å². The third kappa shape index (κ3) is 1.63. The minimum atomic E-state index is -0.196. The van der Waals surface area contributed by atoms with Crippen molar-refractivity contribution in [3.05, 3.63) is 23.2 Å². The lowest BCUT2D eigenvalue weighted by atomic mass is 9.96. The Morgan fingerprint density at radius 3 is 3.00 bits per heavy atom. The first kappa shape index (κ1) is 8.82. The van der Waals surface area contributed by atoms with Crippen LogP contribution >= 0.6 is 0 Å². The highest BCUT2D eigenvalue weighted by molar-refractivity contribution is 5.26. The summed E-state index contributed by atoms with van der Waals surface area (Å²) in [5.74, 6) is 2.50. The van der Waals surface area contributed by atoms with Crippen molar-refractivity contribution in [1.82, 2.24) is 0 Å². The van der Waals surface area contributed by atoms with Crippen LogP contribution in [0.1, 0.15) is 43.3 Å². The lowest BCUT2D eigenvalue weighted by Gasteiger charge is -2.14. The minimum Gasteiger partial charge on any atom is -0.465 e. The maximum absolute atomic E-state index is 9.44. The fraction of sp³-hybridized carbons (Fsp3) is 0.636. The molecule has 1 unspecified atom stereocenters. The van der Waals surface area contributed by atoms with Gasteiger partial charge in [0.15, 0.2) is 0 Å². The van der Waals surface area contributed by atoms with E-state index in [0.29, 0.717) is 12.3 Å². The summed E-state index contributed by atoms with van der Waals surface area (Å²) < 4.78 is 5.68. The van der Waals surface area contributed by atoms with Crippen LogP contribution in [0.25, 0.3) is 0 Å². The molecule has 2 rings (SSSR count). The van der Waals surface area contributed by atoms with Gasteiger partial charge >= 0.3 is 0 Å². The van der Waals surface area contributed by atoms with Gasteiger partial charge in [0.25, 0.3) is 0 Å². The molecule has 1 N–H and O–H groups in total. The number of rotatable bonds is 1. The maximum atomic E-state index is 9.44. The van der Waals surface area contributed by atoms with Gasteiger partial charge in [0, 0.05) is 12.3 Å². The highest BCUT2D eigenvalue weighted by Gasteiger charge is 2.21. The lowest BCUT2D eigenvalue weighted by Crippen LogP contribution is -2.16. The van der Waals surface area contributed by atoms with Gasteiger partial charge in [-0.05, 0) is 24.5 Å². The van der Waals surface area contributed by atoms with E-state index < -0.39 is 0 Å². The van der Waals surface area contributed by atoms with E-state index in [1.165, 1.54) is 5.56 Å². The normalized spacial score (nSPS) is 22.0. The molecule has 0 radical (unpaired) electrons. The summed E-state index contributed by atoms with van der Waals surface area (Å²) >= 11 is 0. The van der Waals surface area contributed by atoms with Crippen LogP contribution in [0.3, 0.4) is 0 Å². The van der Waals surface area contributed by atoms with Crippen LogP contribution in [0.5, 0.6) is 0 Å². The SMILES string of the molecule is CC(C)c1cc2c(o1)CC(O)CC2. The average Bonchev–Trinajstić information content (AvgIpc) is 2.46. The summed E-state index contributed by atoms with van der Waals surface area (Å²) in [6.07, 6.45) is 2.34. The van der Waals surface area contributed by atoms with E-state index in [1.54, 1.807) is 0 Å². The van der Waals surface area contributed by atoms with E-state index in [9.17, 15) is 5.11 Å². The van der Waals surface area contributed by atoms with Crippen molar-refractivity contribution in [2.24, 2.45) is 0 Å². The number of furan rings is 1. The van der Waals surface area contributed by atoms with E-state index in [4.69, 9.17) is 4.42 Å². The number of aliphatic hydroxyl groups excluding tert-OH is 1. The fourth-order valence-electron chi connectivity index (χ4n) is 1.80. The topological polar surface area (TPSA) is 33.4 Å². The quantitative estimate of drug-likeness (QED) is 0.719. The molecule has 1 aliphatic carbocycles. The van der Waals surface area contributed by atoms with Crippen molar-refractivity contribution in [3.8, 4) is 0 Å². The smallest absolute Gasteiger partial charge is 0.109 e. The zero-order chi connectivity index (χ0) is 9.42. The van der Waals surface area contributed by atoms with Gasteiger partial charge in [0.05, 0.1) is 6.10 Å². The van der Waals surface area contributed by atoms with Gasteiger partial charge in [0.1, 0.15) is 11.5 Å². The summed E-state index contributed by atoms with van der Waals surface area (Å²) in [7, 11) is 0. The largest absolute Gasteiger partial charge is 0.465 e. The second-order valence-electron chi connectivity index (χ2n) is 4.15. The molecule has 0 amide bonds. The zero-order valence-electron chi connectivity index (χ0n) is 8.21. The number of aryl methyl sites for hydroxylation is 1. The molecule has 0 saturated carbocycles. The summed E-state index contributed by atoms with van der Waals surface area (Å²) in [5, 5.41) is 9.44. The van der Waals surface area contributed by atoms with E-state index >= 15 is 0 Å². The van der Waals surface area contributed by atoms with E-state index in [-0.39, 0.29) is 6.10 Å². The van der Waals surface area contributed by atoms with Crippen LogP contribution in [0, 0.1) is 0 Å². The highest BCUT2D eigenvalue weighted by Crippen LogP contribution is 2.28. The fourth-order valence-corrected chi connectivity index (χ4v) is 1.80. The van der Waals surface area contributed by atoms with Gasteiger partial charge in [-0.2, -0.15) is 0 Å². The Morgan fingerprint density at radius 2 is 2.31 bits per heavy atom. The van der Waals surface area contributed by atoms with Crippen LogP contribution in [0.4, 0.5) is 0 Å². The molecule has 0 fully saturated rings. The standard InChI is InChI=1S/C11H16O2/c1-7(2)10-5-8-3-4-9(12)6-11(8)13-10/h5,7,9,12H,3-4,6H2,1-2H3. The van der Waals surface area contributed by atoms with Gasteiger partial charge in [-0.15, -0.1) is 0 Å². The maximum Gasteiger partial charge on any atom is 0.109 e. The first-order chi connectivity index (χ1) is 6.16. The first-order valence-corrected chi connectivity index (χ1v) is 4.96. The molecule has 2 nitrogen and oxygen atoms in total. The van der Waals surface area contributed by atoms with Crippen molar-refractivity contribution in [2.45, 2.75) is 45.1 Å². The van der Waals surface area contributed by atoms with Crippen molar-refractivity contribution >= 4 is 0 Å². The molecular formula is C11H16O2. The van der Waals surface area contributed by atoms with Crippen molar-refractivity contribution < 1.29 is 9.52 Å².